The molecule has 2 nitrogen and oxygen atoms in total. The van der Waals surface area contributed by atoms with Crippen molar-refractivity contribution in [2.24, 2.45) is 0 Å². The highest BCUT2D eigenvalue weighted by molar-refractivity contribution is 7.17. The van der Waals surface area contributed by atoms with Gasteiger partial charge in [0.2, 0.25) is 0 Å². The number of fused-ring (bicyclic) bond motifs is 1. The number of halogens is 1. The molecule has 2 aromatic carbocycles. The molecule has 0 unspecified atom stereocenters. The van der Waals surface area contributed by atoms with Crippen LogP contribution in [0.3, 0.4) is 0 Å². The van der Waals surface area contributed by atoms with Crippen LogP contribution in [0.1, 0.15) is 34.7 Å². The van der Waals surface area contributed by atoms with Gasteiger partial charge in [-0.05, 0) is 36.5 Å². The summed E-state index contributed by atoms with van der Waals surface area (Å²) in [5, 5.41) is 5.89. The number of aromatic nitrogens is 1. The minimum absolute atomic E-state index is 0. The van der Waals surface area contributed by atoms with E-state index in [1.165, 1.54) is 40.2 Å². The van der Waals surface area contributed by atoms with Crippen LogP contribution in [0.4, 0.5) is 5.00 Å². The molecule has 25 heavy (non-hydrogen) atoms. The molecule has 1 N–H and O–H groups in total. The molecule has 0 fully saturated rings. The minimum atomic E-state index is 0. The average Bonchev–Trinajstić information content (AvgIpc) is 2.91. The third-order valence-corrected chi connectivity index (χ3v) is 5.34. The van der Waals surface area contributed by atoms with Crippen molar-refractivity contribution in [3.8, 4) is 0 Å². The summed E-state index contributed by atoms with van der Waals surface area (Å²) in [4.78, 5) is 4.97. The van der Waals surface area contributed by atoms with Crippen LogP contribution < -0.4 is 5.32 Å². The Hall–Kier alpha value is -2.10. The van der Waals surface area contributed by atoms with E-state index in [0.717, 1.165) is 18.0 Å². The fourth-order valence-corrected chi connectivity index (χ4v) is 4.07. The van der Waals surface area contributed by atoms with Crippen molar-refractivity contribution in [2.75, 3.05) is 11.9 Å². The summed E-state index contributed by atoms with van der Waals surface area (Å²) in [5.41, 5.74) is 4.84. The van der Waals surface area contributed by atoms with Gasteiger partial charge in [0.25, 0.3) is 0 Å². The number of nitrogens with zero attached hydrogens (tertiary/aromatic N) is 1. The Bertz CT molecular complexity index is 817. The first kappa shape index (κ1) is 17.7. The lowest BCUT2D eigenvalue weighted by Crippen LogP contribution is -1.96. The maximum absolute atomic E-state index is 4.97. The SMILES string of the molecule is C(=C(/c1ccccc1)c1nc2c(s1)NCCCC2)/c1ccccc1.Cl. The lowest BCUT2D eigenvalue weighted by molar-refractivity contribution is 0.774. The second-order valence-electron chi connectivity index (χ2n) is 6.01. The van der Waals surface area contributed by atoms with Gasteiger partial charge in [-0.2, -0.15) is 0 Å². The van der Waals surface area contributed by atoms with Crippen molar-refractivity contribution < 1.29 is 0 Å². The molecular formula is C21H21ClN2S. The normalized spacial score (nSPS) is 14.0. The highest BCUT2D eigenvalue weighted by Gasteiger charge is 2.17. The molecule has 0 spiro atoms. The number of benzene rings is 2. The average molecular weight is 369 g/mol. The van der Waals surface area contributed by atoms with Crippen LogP contribution in [0, 0.1) is 0 Å². The number of aryl methyl sites for hydroxylation is 1. The third kappa shape index (κ3) is 4.12. The molecule has 0 saturated heterocycles. The summed E-state index contributed by atoms with van der Waals surface area (Å²) >= 11 is 1.78. The van der Waals surface area contributed by atoms with Gasteiger partial charge in [0.1, 0.15) is 10.0 Å². The van der Waals surface area contributed by atoms with Gasteiger partial charge >= 0.3 is 0 Å². The van der Waals surface area contributed by atoms with E-state index in [0.29, 0.717) is 0 Å². The first-order valence-corrected chi connectivity index (χ1v) is 9.28. The van der Waals surface area contributed by atoms with Crippen LogP contribution in [-0.2, 0) is 6.42 Å². The molecule has 0 amide bonds. The van der Waals surface area contributed by atoms with E-state index >= 15 is 0 Å². The molecule has 0 aliphatic carbocycles. The molecule has 128 valence electrons. The van der Waals surface area contributed by atoms with Crippen LogP contribution >= 0.6 is 23.7 Å². The Kier molecular flexibility index (Phi) is 5.90. The Morgan fingerprint density at radius 1 is 0.960 bits per heavy atom. The van der Waals surface area contributed by atoms with Gasteiger partial charge in [-0.1, -0.05) is 72.0 Å². The van der Waals surface area contributed by atoms with E-state index in [1.54, 1.807) is 11.3 Å². The largest absolute Gasteiger partial charge is 0.375 e. The van der Waals surface area contributed by atoms with Crippen molar-refractivity contribution in [1.29, 1.82) is 0 Å². The van der Waals surface area contributed by atoms with Crippen molar-refractivity contribution in [2.45, 2.75) is 19.3 Å². The molecule has 4 rings (SSSR count). The first-order valence-electron chi connectivity index (χ1n) is 8.46. The molecule has 0 radical (unpaired) electrons. The highest BCUT2D eigenvalue weighted by Crippen LogP contribution is 2.35. The summed E-state index contributed by atoms with van der Waals surface area (Å²) in [5.74, 6) is 0. The molecule has 0 atom stereocenters. The molecule has 3 aromatic rings. The number of anilines is 1. The van der Waals surface area contributed by atoms with Crippen LogP contribution in [0.25, 0.3) is 11.6 Å². The molecule has 1 aliphatic rings. The maximum atomic E-state index is 4.97. The highest BCUT2D eigenvalue weighted by atomic mass is 35.5. The molecule has 0 bridgehead atoms. The maximum Gasteiger partial charge on any atom is 0.126 e. The Balaban J connectivity index is 0.00000182. The monoisotopic (exact) mass is 368 g/mol. The lowest BCUT2D eigenvalue weighted by Gasteiger charge is -2.05. The molecule has 2 heterocycles. The van der Waals surface area contributed by atoms with Gasteiger partial charge in [-0.25, -0.2) is 4.98 Å². The van der Waals surface area contributed by atoms with Gasteiger partial charge in [0.05, 0.1) is 5.69 Å². The van der Waals surface area contributed by atoms with Crippen LogP contribution in [0.2, 0.25) is 0 Å². The zero-order valence-corrected chi connectivity index (χ0v) is 15.6. The number of hydrogen-bond donors (Lipinski definition) is 1. The van der Waals surface area contributed by atoms with E-state index in [9.17, 15) is 0 Å². The number of thiazole rings is 1. The molecule has 0 saturated carbocycles. The quantitative estimate of drug-likeness (QED) is 0.582. The summed E-state index contributed by atoms with van der Waals surface area (Å²) in [6, 6.07) is 21.0. The lowest BCUT2D eigenvalue weighted by atomic mass is 10.0. The number of nitrogens with one attached hydrogen (secondary N) is 1. The van der Waals surface area contributed by atoms with Gasteiger partial charge in [0, 0.05) is 12.1 Å². The summed E-state index contributed by atoms with van der Waals surface area (Å²) < 4.78 is 0. The van der Waals surface area contributed by atoms with E-state index in [-0.39, 0.29) is 12.4 Å². The smallest absolute Gasteiger partial charge is 0.126 e. The fourth-order valence-electron chi connectivity index (χ4n) is 3.00. The zero-order valence-electron chi connectivity index (χ0n) is 13.9. The molecule has 4 heteroatoms. The summed E-state index contributed by atoms with van der Waals surface area (Å²) in [6.07, 6.45) is 5.76. The third-order valence-electron chi connectivity index (χ3n) is 4.25. The van der Waals surface area contributed by atoms with Gasteiger partial charge in [-0.3, -0.25) is 0 Å². The van der Waals surface area contributed by atoms with Crippen molar-refractivity contribution in [1.82, 2.24) is 4.98 Å². The second-order valence-corrected chi connectivity index (χ2v) is 7.01. The van der Waals surface area contributed by atoms with Crippen molar-refractivity contribution in [3.05, 3.63) is 82.5 Å². The molecular weight excluding hydrogens is 348 g/mol. The van der Waals surface area contributed by atoms with Crippen LogP contribution in [0.5, 0.6) is 0 Å². The zero-order chi connectivity index (χ0) is 16.2. The van der Waals surface area contributed by atoms with Gasteiger partial charge in [0.15, 0.2) is 0 Å². The van der Waals surface area contributed by atoms with E-state index in [1.807, 2.05) is 0 Å². The predicted octanol–water partition coefficient (Wildman–Crippen LogP) is 5.90. The predicted molar refractivity (Wildman–Crippen MR) is 111 cm³/mol. The Labute approximate surface area is 159 Å². The topological polar surface area (TPSA) is 24.9 Å². The Morgan fingerprint density at radius 3 is 2.44 bits per heavy atom. The number of rotatable bonds is 3. The van der Waals surface area contributed by atoms with Crippen LogP contribution in [-0.4, -0.2) is 11.5 Å². The standard InChI is InChI=1S/C21H20N2S.ClH/c1-3-9-16(10-4-1)15-18(17-11-5-2-6-12-17)20-23-19-13-7-8-14-22-21(19)24-20;/h1-6,9-12,15,22H,7-8,13-14H2;1H/b18-15+;. The minimum Gasteiger partial charge on any atom is -0.375 e. The molecule has 1 aromatic heterocycles. The van der Waals surface area contributed by atoms with Crippen molar-refractivity contribution >= 4 is 40.4 Å². The number of hydrogen-bond acceptors (Lipinski definition) is 3. The second kappa shape index (κ2) is 8.32. The van der Waals surface area contributed by atoms with E-state index in [4.69, 9.17) is 4.98 Å². The summed E-state index contributed by atoms with van der Waals surface area (Å²) in [7, 11) is 0. The Morgan fingerprint density at radius 2 is 1.68 bits per heavy atom. The van der Waals surface area contributed by atoms with Gasteiger partial charge in [-0.15, -0.1) is 12.4 Å². The van der Waals surface area contributed by atoms with E-state index < -0.39 is 0 Å². The summed E-state index contributed by atoms with van der Waals surface area (Å²) in [6.45, 7) is 1.05. The van der Waals surface area contributed by atoms with E-state index in [2.05, 4.69) is 72.1 Å². The molecule has 1 aliphatic heterocycles. The van der Waals surface area contributed by atoms with Gasteiger partial charge < -0.3 is 5.32 Å². The van der Waals surface area contributed by atoms with Crippen molar-refractivity contribution in [3.63, 3.8) is 0 Å². The van der Waals surface area contributed by atoms with Crippen LogP contribution in [0.15, 0.2) is 60.7 Å². The first-order chi connectivity index (χ1) is 11.9. The fraction of sp³-hybridized carbons (Fsp3) is 0.190.